The number of rotatable bonds is 7. The molecule has 0 aliphatic carbocycles. The van der Waals surface area contributed by atoms with Crippen LogP contribution in [0.1, 0.15) is 43.6 Å². The van der Waals surface area contributed by atoms with E-state index in [0.29, 0.717) is 23.3 Å². The molecule has 1 N–H and O–H groups in total. The second kappa shape index (κ2) is 8.49. The van der Waals surface area contributed by atoms with Crippen molar-refractivity contribution in [3.8, 4) is 0 Å². The first-order valence-electron chi connectivity index (χ1n) is 10.4. The van der Waals surface area contributed by atoms with Crippen molar-refractivity contribution in [2.75, 3.05) is 5.32 Å². The zero-order chi connectivity index (χ0) is 21.1. The van der Waals surface area contributed by atoms with E-state index in [1.165, 1.54) is 4.68 Å². The molecule has 7 heteroatoms. The summed E-state index contributed by atoms with van der Waals surface area (Å²) in [5, 5.41) is 8.39. The van der Waals surface area contributed by atoms with Crippen LogP contribution in [-0.2, 0) is 13.1 Å². The second-order valence-corrected chi connectivity index (χ2v) is 7.31. The Morgan fingerprint density at radius 3 is 2.47 bits per heavy atom. The Morgan fingerprint density at radius 2 is 1.70 bits per heavy atom. The van der Waals surface area contributed by atoms with E-state index in [1.54, 1.807) is 18.2 Å². The fourth-order valence-corrected chi connectivity index (χ4v) is 3.64. The number of hydrogen-bond acceptors (Lipinski definition) is 4. The molecule has 2 heterocycles. The Labute approximate surface area is 174 Å². The lowest BCUT2D eigenvalue weighted by atomic mass is 10.1. The number of nitrogens with zero attached hydrogens (tertiary/aromatic N) is 4. The molecule has 0 fully saturated rings. The monoisotopic (exact) mass is 403 g/mol. The number of aromatic nitrogens is 4. The Bertz CT molecular complexity index is 1270. The predicted octanol–water partition coefficient (Wildman–Crippen LogP) is 4.21. The number of anilines is 1. The molecule has 0 spiro atoms. The average molecular weight is 403 g/mol. The quantitative estimate of drug-likeness (QED) is 0.501. The molecule has 0 saturated carbocycles. The zero-order valence-corrected chi connectivity index (χ0v) is 17.3. The molecular weight excluding hydrogens is 378 g/mol. The molecule has 0 unspecified atom stereocenters. The number of benzene rings is 2. The molecule has 4 aromatic rings. The van der Waals surface area contributed by atoms with Crippen molar-refractivity contribution in [2.24, 2.45) is 0 Å². The molecule has 0 radical (unpaired) electrons. The molecule has 30 heavy (non-hydrogen) atoms. The van der Waals surface area contributed by atoms with Gasteiger partial charge in [0.05, 0.1) is 16.4 Å². The Balaban J connectivity index is 1.79. The van der Waals surface area contributed by atoms with Gasteiger partial charge in [0.25, 0.3) is 11.5 Å². The fourth-order valence-electron chi connectivity index (χ4n) is 3.64. The Morgan fingerprint density at radius 1 is 0.967 bits per heavy atom. The van der Waals surface area contributed by atoms with Crippen molar-refractivity contribution in [1.29, 1.82) is 0 Å². The minimum atomic E-state index is -0.371. The first kappa shape index (κ1) is 19.8. The fraction of sp³-hybridized carbons (Fsp3) is 0.304. The number of amides is 1. The second-order valence-electron chi connectivity index (χ2n) is 7.31. The molecule has 0 aliphatic rings. The van der Waals surface area contributed by atoms with Crippen LogP contribution in [0.5, 0.6) is 0 Å². The molecule has 4 rings (SSSR count). The van der Waals surface area contributed by atoms with Crippen LogP contribution in [0.2, 0.25) is 0 Å². The van der Waals surface area contributed by atoms with E-state index in [0.717, 1.165) is 36.8 Å². The third kappa shape index (κ3) is 3.58. The topological polar surface area (TPSA) is 81.8 Å². The lowest BCUT2D eigenvalue weighted by Gasteiger charge is -2.12. The number of carbonyl (C=O) groups is 1. The van der Waals surface area contributed by atoms with Gasteiger partial charge in [0.15, 0.2) is 5.69 Å². The number of carbonyl (C=O) groups excluding carboxylic acids is 1. The van der Waals surface area contributed by atoms with Crippen molar-refractivity contribution in [2.45, 2.75) is 46.2 Å². The number of fused-ring (bicyclic) bond motifs is 2. The summed E-state index contributed by atoms with van der Waals surface area (Å²) in [7, 11) is 0. The lowest BCUT2D eigenvalue weighted by molar-refractivity contribution is 0.102. The van der Waals surface area contributed by atoms with Crippen molar-refractivity contribution < 1.29 is 4.79 Å². The van der Waals surface area contributed by atoms with E-state index < -0.39 is 0 Å². The van der Waals surface area contributed by atoms with Crippen LogP contribution in [0.3, 0.4) is 0 Å². The highest BCUT2D eigenvalue weighted by Crippen LogP contribution is 2.21. The van der Waals surface area contributed by atoms with Gasteiger partial charge < -0.3 is 4.57 Å². The zero-order valence-electron chi connectivity index (χ0n) is 17.3. The lowest BCUT2D eigenvalue weighted by Crippen LogP contribution is -2.28. The number of nitrogens with one attached hydrogen (secondary N) is 1. The highest BCUT2D eigenvalue weighted by atomic mass is 16.2. The van der Waals surface area contributed by atoms with Crippen LogP contribution in [0.25, 0.3) is 21.8 Å². The van der Waals surface area contributed by atoms with Gasteiger partial charge in [0.2, 0.25) is 5.95 Å². The minimum Gasteiger partial charge on any atom is -0.310 e. The minimum absolute atomic E-state index is 0.172. The third-order valence-electron chi connectivity index (χ3n) is 5.13. The van der Waals surface area contributed by atoms with Crippen LogP contribution in [0.15, 0.2) is 53.3 Å². The Kier molecular flexibility index (Phi) is 5.61. The van der Waals surface area contributed by atoms with Gasteiger partial charge in [-0.1, -0.05) is 50.6 Å². The van der Waals surface area contributed by atoms with Crippen molar-refractivity contribution in [1.82, 2.24) is 19.3 Å². The van der Waals surface area contributed by atoms with Gasteiger partial charge in [-0.2, -0.15) is 5.10 Å². The van der Waals surface area contributed by atoms with Gasteiger partial charge >= 0.3 is 0 Å². The molecule has 0 bridgehead atoms. The molecular formula is C23H25N5O2. The van der Waals surface area contributed by atoms with E-state index in [2.05, 4.69) is 29.2 Å². The standard InChI is InChI=1S/C23H25N5O2/c1-3-5-15-28-22(30)17-11-7-6-10-16(17)20(26-28)21(29)25-23-24-18-12-8-9-13-19(18)27(23)14-4-2/h6-13H,3-5,14-15H2,1-2H3,(H,24,25,29). The molecule has 0 aliphatic heterocycles. The molecule has 154 valence electrons. The summed E-state index contributed by atoms with van der Waals surface area (Å²) in [6.45, 7) is 5.35. The van der Waals surface area contributed by atoms with Gasteiger partial charge in [-0.3, -0.25) is 14.9 Å². The van der Waals surface area contributed by atoms with E-state index in [9.17, 15) is 9.59 Å². The summed E-state index contributed by atoms with van der Waals surface area (Å²) in [4.78, 5) is 30.6. The Hall–Kier alpha value is -3.48. The number of imidazole rings is 1. The maximum Gasteiger partial charge on any atom is 0.279 e. The van der Waals surface area contributed by atoms with Crippen LogP contribution in [0, 0.1) is 0 Å². The predicted molar refractivity (Wildman–Crippen MR) is 119 cm³/mol. The number of aryl methyl sites for hydroxylation is 2. The van der Waals surface area contributed by atoms with Gasteiger partial charge in [-0.25, -0.2) is 9.67 Å². The smallest absolute Gasteiger partial charge is 0.279 e. The molecule has 1 amide bonds. The van der Waals surface area contributed by atoms with Crippen LogP contribution in [-0.4, -0.2) is 25.2 Å². The molecule has 7 nitrogen and oxygen atoms in total. The summed E-state index contributed by atoms with van der Waals surface area (Å²) >= 11 is 0. The van der Waals surface area contributed by atoms with E-state index in [-0.39, 0.29) is 17.2 Å². The average Bonchev–Trinajstić information content (AvgIpc) is 3.10. The molecule has 2 aromatic heterocycles. The molecule has 0 atom stereocenters. The summed E-state index contributed by atoms with van der Waals surface area (Å²) in [5.41, 5.74) is 1.86. The van der Waals surface area contributed by atoms with E-state index >= 15 is 0 Å². The van der Waals surface area contributed by atoms with Crippen molar-refractivity contribution in [3.05, 3.63) is 64.6 Å². The van der Waals surface area contributed by atoms with Crippen molar-refractivity contribution >= 4 is 33.7 Å². The van der Waals surface area contributed by atoms with Crippen LogP contribution in [0.4, 0.5) is 5.95 Å². The van der Waals surface area contributed by atoms with Gasteiger partial charge in [0, 0.05) is 18.5 Å². The maximum atomic E-state index is 13.3. The number of para-hydroxylation sites is 2. The molecule has 2 aromatic carbocycles. The summed E-state index contributed by atoms with van der Waals surface area (Å²) in [6.07, 6.45) is 2.66. The number of unbranched alkanes of at least 4 members (excludes halogenated alkanes) is 1. The first-order chi connectivity index (χ1) is 14.6. The SMILES string of the molecule is CCCCn1nc(C(=O)Nc2nc3ccccc3n2CCC)c2ccccc2c1=O. The maximum absolute atomic E-state index is 13.3. The summed E-state index contributed by atoms with van der Waals surface area (Å²) in [5.74, 6) is 0.115. The third-order valence-corrected chi connectivity index (χ3v) is 5.13. The van der Waals surface area contributed by atoms with Crippen molar-refractivity contribution in [3.63, 3.8) is 0 Å². The summed E-state index contributed by atoms with van der Waals surface area (Å²) in [6, 6.07) is 14.9. The van der Waals surface area contributed by atoms with Crippen LogP contribution < -0.4 is 10.9 Å². The highest BCUT2D eigenvalue weighted by Gasteiger charge is 2.19. The first-order valence-corrected chi connectivity index (χ1v) is 10.4. The molecule has 0 saturated heterocycles. The van der Waals surface area contributed by atoms with Gasteiger partial charge in [0.1, 0.15) is 0 Å². The van der Waals surface area contributed by atoms with E-state index in [1.807, 2.05) is 34.9 Å². The van der Waals surface area contributed by atoms with Gasteiger partial charge in [-0.15, -0.1) is 0 Å². The largest absolute Gasteiger partial charge is 0.310 e. The van der Waals surface area contributed by atoms with Crippen LogP contribution >= 0.6 is 0 Å². The normalized spacial score (nSPS) is 11.3. The highest BCUT2D eigenvalue weighted by molar-refractivity contribution is 6.10. The van der Waals surface area contributed by atoms with E-state index in [4.69, 9.17) is 0 Å². The summed E-state index contributed by atoms with van der Waals surface area (Å²) < 4.78 is 3.40. The number of hydrogen-bond donors (Lipinski definition) is 1. The van der Waals surface area contributed by atoms with Gasteiger partial charge in [-0.05, 0) is 31.0 Å².